The Morgan fingerprint density at radius 2 is 1.79 bits per heavy atom. The zero-order chi connectivity index (χ0) is 21.6. The van der Waals surface area contributed by atoms with Crippen molar-refractivity contribution in [3.63, 3.8) is 0 Å². The van der Waals surface area contributed by atoms with Crippen LogP contribution in [0.5, 0.6) is 0 Å². The highest BCUT2D eigenvalue weighted by atomic mass is 19.1. The van der Waals surface area contributed by atoms with Crippen molar-refractivity contribution in [2.45, 2.75) is 79.4 Å². The minimum Gasteiger partial charge on any atom is -0.458 e. The van der Waals surface area contributed by atoms with Crippen LogP contribution in [0.15, 0.2) is 29.9 Å². The van der Waals surface area contributed by atoms with Gasteiger partial charge in [-0.3, -0.25) is 4.79 Å². The molecule has 1 heterocycles. The summed E-state index contributed by atoms with van der Waals surface area (Å²) >= 11 is 0. The summed E-state index contributed by atoms with van der Waals surface area (Å²) in [7, 11) is 0. The number of rotatable bonds is 3. The molecule has 1 aliphatic carbocycles. The third-order valence-corrected chi connectivity index (χ3v) is 6.08. The number of aliphatic hydroxyl groups is 1. The van der Waals surface area contributed by atoms with Gasteiger partial charge in [-0.2, -0.15) is 0 Å². The van der Waals surface area contributed by atoms with Crippen LogP contribution in [-0.4, -0.2) is 23.3 Å². The summed E-state index contributed by atoms with van der Waals surface area (Å²) in [5.74, 6) is -0.509. The predicted molar refractivity (Wildman–Crippen MR) is 114 cm³/mol. The van der Waals surface area contributed by atoms with E-state index in [9.17, 15) is 14.3 Å². The first kappa shape index (κ1) is 21.8. The molecule has 1 aromatic carbocycles. The Morgan fingerprint density at radius 3 is 2.38 bits per heavy atom. The fourth-order valence-electron chi connectivity index (χ4n) is 5.17. The quantitative estimate of drug-likeness (QED) is 0.666. The number of carbonyl (C=O) groups excluding carboxylic acids is 1. The molecule has 0 spiro atoms. The van der Waals surface area contributed by atoms with Gasteiger partial charge in [0, 0.05) is 6.42 Å². The van der Waals surface area contributed by atoms with Crippen molar-refractivity contribution < 1.29 is 19.0 Å². The van der Waals surface area contributed by atoms with Gasteiger partial charge in [-0.1, -0.05) is 33.8 Å². The first-order chi connectivity index (χ1) is 13.4. The maximum Gasteiger partial charge on any atom is 0.309 e. The number of allylic oxidation sites excluding steroid dienone is 3. The van der Waals surface area contributed by atoms with Gasteiger partial charge in [0.2, 0.25) is 0 Å². The van der Waals surface area contributed by atoms with E-state index in [4.69, 9.17) is 4.74 Å². The minimum absolute atomic E-state index is 0.0616. The van der Waals surface area contributed by atoms with Gasteiger partial charge >= 0.3 is 5.97 Å². The second-order valence-electron chi connectivity index (χ2n) is 10.2. The van der Waals surface area contributed by atoms with Crippen molar-refractivity contribution in [1.29, 1.82) is 0 Å². The average molecular weight is 401 g/mol. The zero-order valence-electron chi connectivity index (χ0n) is 18.4. The fraction of sp³-hybridized carbons (Fsp3) is 0.560. The van der Waals surface area contributed by atoms with Gasteiger partial charge in [0.15, 0.2) is 0 Å². The van der Waals surface area contributed by atoms with Crippen LogP contribution in [-0.2, 0) is 9.53 Å². The summed E-state index contributed by atoms with van der Waals surface area (Å²) in [5, 5.41) is 9.89. The number of cyclic esters (lactones) is 1. The molecule has 2 atom stereocenters. The third-order valence-electron chi connectivity index (χ3n) is 6.08. The monoisotopic (exact) mass is 400 g/mol. The minimum atomic E-state index is -0.653. The summed E-state index contributed by atoms with van der Waals surface area (Å²) in [6.07, 6.45) is 5.30. The smallest absolute Gasteiger partial charge is 0.309 e. The van der Waals surface area contributed by atoms with Crippen LogP contribution in [0.3, 0.4) is 0 Å². The van der Waals surface area contributed by atoms with Crippen molar-refractivity contribution in [2.24, 2.45) is 10.8 Å². The SMILES string of the molecule is Cc1cc(C2=C(C=C[C@H]3C[C@H](O)CC(=O)O3)C(C)(C)CC(C)(C)C2)cc(C)c1F. The molecule has 4 heteroatoms. The van der Waals surface area contributed by atoms with Crippen LogP contribution in [0, 0.1) is 30.5 Å². The number of aliphatic hydroxyl groups excluding tert-OH is 1. The molecule has 158 valence electrons. The molecule has 3 nitrogen and oxygen atoms in total. The molecule has 3 rings (SSSR count). The molecule has 1 fully saturated rings. The fourth-order valence-corrected chi connectivity index (χ4v) is 5.17. The average Bonchev–Trinajstić information content (AvgIpc) is 2.55. The lowest BCUT2D eigenvalue weighted by Crippen LogP contribution is -2.32. The number of benzene rings is 1. The van der Waals surface area contributed by atoms with E-state index in [0.29, 0.717) is 17.5 Å². The maximum atomic E-state index is 14.2. The number of esters is 1. The summed E-state index contributed by atoms with van der Waals surface area (Å²) in [6, 6.07) is 3.88. The lowest BCUT2D eigenvalue weighted by Gasteiger charge is -2.43. The zero-order valence-corrected chi connectivity index (χ0v) is 18.4. The van der Waals surface area contributed by atoms with Crippen molar-refractivity contribution in [3.05, 3.63) is 52.4 Å². The van der Waals surface area contributed by atoms with E-state index in [0.717, 1.165) is 18.4 Å². The van der Waals surface area contributed by atoms with E-state index in [1.807, 2.05) is 32.1 Å². The highest BCUT2D eigenvalue weighted by Gasteiger charge is 2.39. The molecule has 1 aromatic rings. The van der Waals surface area contributed by atoms with Crippen LogP contribution >= 0.6 is 0 Å². The molecule has 0 aromatic heterocycles. The van der Waals surface area contributed by atoms with E-state index >= 15 is 0 Å². The van der Waals surface area contributed by atoms with Gasteiger partial charge in [0.25, 0.3) is 0 Å². The molecule has 0 radical (unpaired) electrons. The van der Waals surface area contributed by atoms with Crippen LogP contribution in [0.1, 0.15) is 70.1 Å². The van der Waals surface area contributed by atoms with Crippen molar-refractivity contribution in [1.82, 2.24) is 0 Å². The number of halogens is 1. The molecule has 1 aliphatic heterocycles. The number of aryl methyl sites for hydroxylation is 2. The second-order valence-corrected chi connectivity index (χ2v) is 10.2. The normalized spacial score (nSPS) is 26.7. The summed E-state index contributed by atoms with van der Waals surface area (Å²) in [5.41, 5.74) is 4.82. The summed E-state index contributed by atoms with van der Waals surface area (Å²) in [6.45, 7) is 12.6. The van der Waals surface area contributed by atoms with Crippen LogP contribution in [0.2, 0.25) is 0 Å². The lowest BCUT2D eigenvalue weighted by molar-refractivity contribution is -0.156. The molecule has 0 saturated carbocycles. The van der Waals surface area contributed by atoms with Crippen LogP contribution in [0.4, 0.5) is 4.39 Å². The van der Waals surface area contributed by atoms with Crippen LogP contribution < -0.4 is 0 Å². The Kier molecular flexibility index (Phi) is 5.79. The number of hydrogen-bond donors (Lipinski definition) is 1. The van der Waals surface area contributed by atoms with E-state index in [2.05, 4.69) is 33.8 Å². The van der Waals surface area contributed by atoms with Crippen molar-refractivity contribution in [2.75, 3.05) is 0 Å². The second kappa shape index (κ2) is 7.71. The Morgan fingerprint density at radius 1 is 1.17 bits per heavy atom. The van der Waals surface area contributed by atoms with Gasteiger partial charge in [0.05, 0.1) is 12.5 Å². The highest BCUT2D eigenvalue weighted by molar-refractivity contribution is 5.75. The Balaban J connectivity index is 2.08. The molecule has 0 unspecified atom stereocenters. The van der Waals surface area contributed by atoms with Crippen LogP contribution in [0.25, 0.3) is 5.57 Å². The van der Waals surface area contributed by atoms with Gasteiger partial charge < -0.3 is 9.84 Å². The molecule has 1 N–H and O–H groups in total. The predicted octanol–water partition coefficient (Wildman–Crippen LogP) is 5.67. The van der Waals surface area contributed by atoms with E-state index in [1.165, 1.54) is 11.1 Å². The van der Waals surface area contributed by atoms with E-state index in [-0.39, 0.29) is 29.0 Å². The van der Waals surface area contributed by atoms with Crippen molar-refractivity contribution in [3.8, 4) is 0 Å². The maximum absolute atomic E-state index is 14.2. The molecular formula is C25H33FO3. The third kappa shape index (κ3) is 4.80. The standard InChI is InChI=1S/C25H33FO3/c1-15-9-17(10-16(2)23(15)26)20-13-24(3,4)14-25(5,6)21(20)8-7-19-11-18(27)12-22(28)29-19/h7-10,18-19,27H,11-14H2,1-6H3/t18-,19-/m0/s1. The number of carbonyl (C=O) groups is 1. The van der Waals surface area contributed by atoms with Crippen molar-refractivity contribution >= 4 is 11.5 Å². The molecule has 2 aliphatic rings. The van der Waals surface area contributed by atoms with Gasteiger partial charge in [-0.15, -0.1) is 0 Å². The van der Waals surface area contributed by atoms with Gasteiger partial charge in [0.1, 0.15) is 11.9 Å². The Hall–Kier alpha value is -1.94. The molecular weight excluding hydrogens is 367 g/mol. The van der Waals surface area contributed by atoms with Gasteiger partial charge in [-0.05, 0) is 83.6 Å². The molecule has 0 amide bonds. The van der Waals surface area contributed by atoms with E-state index in [1.54, 1.807) is 0 Å². The largest absolute Gasteiger partial charge is 0.458 e. The van der Waals surface area contributed by atoms with E-state index < -0.39 is 12.2 Å². The highest BCUT2D eigenvalue weighted by Crippen LogP contribution is 2.52. The summed E-state index contributed by atoms with van der Waals surface area (Å²) < 4.78 is 19.6. The molecule has 29 heavy (non-hydrogen) atoms. The summed E-state index contributed by atoms with van der Waals surface area (Å²) in [4.78, 5) is 11.7. The Bertz CT molecular complexity index is 853. The number of hydrogen-bond acceptors (Lipinski definition) is 3. The Labute approximate surface area is 173 Å². The first-order valence-corrected chi connectivity index (χ1v) is 10.4. The molecule has 1 saturated heterocycles. The number of ether oxygens (including phenoxy) is 1. The topological polar surface area (TPSA) is 46.5 Å². The first-order valence-electron chi connectivity index (χ1n) is 10.4. The lowest BCUT2D eigenvalue weighted by atomic mass is 9.61. The molecule has 0 bridgehead atoms. The van der Waals surface area contributed by atoms with Gasteiger partial charge in [-0.25, -0.2) is 4.39 Å².